The topological polar surface area (TPSA) is 19.7 Å². The van der Waals surface area contributed by atoms with E-state index in [9.17, 15) is 0 Å². The Morgan fingerprint density at radius 3 is 1.26 bits per heavy atom. The molecule has 2 aliphatic heterocycles. The molecule has 0 bridgehead atoms. The zero-order valence-electron chi connectivity index (χ0n) is 46.2. The molecule has 0 saturated carbocycles. The van der Waals surface area contributed by atoms with Crippen LogP contribution < -0.4 is 16.4 Å². The zero-order valence-corrected chi connectivity index (χ0v) is 46.2. The van der Waals surface area contributed by atoms with E-state index in [1.165, 1.54) is 159 Å². The number of nitrogens with zero attached hydrogens (tertiary/aromatic N) is 4. The minimum Gasteiger partial charge on any atom is -0.309 e. The van der Waals surface area contributed by atoms with Crippen molar-refractivity contribution in [1.29, 1.82) is 0 Å². The van der Waals surface area contributed by atoms with Gasteiger partial charge in [-0.1, -0.05) is 198 Å². The SMILES string of the molecule is c1ccc(-c2ccc3c(c2)Cc2cccc4c2B3c2cc(-n3c5ccccc5c5cc(-n6c7ccccc7c7ccccc76)ccc53)cc3c2C4c2ccc(-n4c5ccccc5c5cc(-n6c7ccccc7c7ccccc76)ccc54)cc2-3)cc1. The number of aromatic nitrogens is 4. The van der Waals surface area contributed by atoms with Crippen molar-refractivity contribution >= 4 is 110 Å². The van der Waals surface area contributed by atoms with Gasteiger partial charge in [-0.2, -0.15) is 0 Å². The molecule has 0 spiro atoms. The fourth-order valence-corrected chi connectivity index (χ4v) is 16.3. The van der Waals surface area contributed by atoms with Crippen molar-refractivity contribution in [2.24, 2.45) is 0 Å². The lowest BCUT2D eigenvalue weighted by atomic mass is 9.30. The molecular formula is C80H49BN4. The quantitative estimate of drug-likeness (QED) is 0.153. The van der Waals surface area contributed by atoms with Crippen molar-refractivity contribution in [1.82, 2.24) is 18.3 Å². The lowest BCUT2D eigenvalue weighted by Gasteiger charge is -2.37. The van der Waals surface area contributed by atoms with Crippen LogP contribution in [0.25, 0.3) is 132 Å². The van der Waals surface area contributed by atoms with E-state index < -0.39 is 0 Å². The summed E-state index contributed by atoms with van der Waals surface area (Å²) in [6, 6.07) is 106. The van der Waals surface area contributed by atoms with Gasteiger partial charge in [-0.15, -0.1) is 0 Å². The fourth-order valence-electron chi connectivity index (χ4n) is 16.3. The van der Waals surface area contributed by atoms with Crippen LogP contribution in [0.4, 0.5) is 0 Å². The second-order valence-electron chi connectivity index (χ2n) is 23.9. The molecule has 0 radical (unpaired) electrons. The highest BCUT2D eigenvalue weighted by Crippen LogP contribution is 2.52. The third-order valence-corrected chi connectivity index (χ3v) is 19.7. The standard InChI is InChI=1S/C80H49BN4/c1-2-17-48(18-3-1)49-33-38-68-51(41-49)42-50-19-16-26-63-78-62-37-34-52(84-74-31-14-8-24-60(74)65-44-53(35-39-76(65)84)82-70-27-10-4-20-56(70)57-21-5-11-28-71(57)82)43-64(62)67-46-55(47-69(79(67)78)81(68)80(50)63)85-75-32-15-9-25-61(75)66-45-54(36-40-77(66)85)83-72-29-12-6-22-58(72)59-23-7-13-30-73(59)83/h1-41,43-47,78H,42H2. The lowest BCUT2D eigenvalue weighted by Crippen LogP contribution is -2.61. The van der Waals surface area contributed by atoms with Gasteiger partial charge in [0.1, 0.15) is 0 Å². The Bertz CT molecular complexity index is 5680. The molecule has 0 N–H and O–H groups in total. The van der Waals surface area contributed by atoms with Crippen LogP contribution in [-0.2, 0) is 6.42 Å². The zero-order chi connectivity index (χ0) is 55.2. The second kappa shape index (κ2) is 16.9. The van der Waals surface area contributed by atoms with E-state index in [1.807, 2.05) is 0 Å². The molecule has 4 aromatic heterocycles. The maximum absolute atomic E-state index is 2.59. The van der Waals surface area contributed by atoms with Crippen LogP contribution >= 0.6 is 0 Å². The van der Waals surface area contributed by atoms with Crippen LogP contribution in [0.1, 0.15) is 33.7 Å². The number of fused-ring (bicyclic) bond motifs is 19. The average Bonchev–Trinajstić information content (AvgIpc) is 2.22. The fraction of sp³-hybridized carbons (Fsp3) is 0.0250. The molecule has 0 fully saturated rings. The summed E-state index contributed by atoms with van der Waals surface area (Å²) < 4.78 is 9.98. The Labute approximate surface area is 490 Å². The first-order valence-electron chi connectivity index (χ1n) is 29.8. The Balaban J connectivity index is 0.828. The molecule has 4 nitrogen and oxygen atoms in total. The van der Waals surface area contributed by atoms with E-state index >= 15 is 0 Å². The maximum Gasteiger partial charge on any atom is 0.242 e. The molecule has 1 aliphatic carbocycles. The molecule has 392 valence electrons. The first-order chi connectivity index (χ1) is 42.2. The second-order valence-corrected chi connectivity index (χ2v) is 23.9. The van der Waals surface area contributed by atoms with E-state index in [4.69, 9.17) is 0 Å². The van der Waals surface area contributed by atoms with Crippen molar-refractivity contribution in [2.45, 2.75) is 12.3 Å². The third kappa shape index (κ3) is 6.16. The first kappa shape index (κ1) is 45.7. The highest BCUT2D eigenvalue weighted by atomic mass is 15.0. The predicted molar refractivity (Wildman–Crippen MR) is 356 cm³/mol. The summed E-state index contributed by atoms with van der Waals surface area (Å²) in [5.74, 6) is 0.0956. The number of rotatable bonds is 5. The minimum atomic E-state index is 0.0644. The third-order valence-electron chi connectivity index (χ3n) is 19.7. The van der Waals surface area contributed by atoms with Crippen molar-refractivity contribution in [3.05, 3.63) is 307 Å². The minimum absolute atomic E-state index is 0.0644. The van der Waals surface area contributed by atoms with Crippen LogP contribution in [0.5, 0.6) is 0 Å². The van der Waals surface area contributed by atoms with Gasteiger partial charge in [-0.3, -0.25) is 0 Å². The summed E-state index contributed by atoms with van der Waals surface area (Å²) in [6.07, 6.45) is 0.906. The molecule has 5 heteroatoms. The Morgan fingerprint density at radius 1 is 0.271 bits per heavy atom. The maximum atomic E-state index is 2.59. The molecule has 1 atom stereocenters. The Hall–Kier alpha value is -10.9. The number of benzene rings is 13. The summed E-state index contributed by atoms with van der Waals surface area (Å²) in [6.45, 7) is 0.0644. The van der Waals surface area contributed by atoms with Crippen LogP contribution in [0.15, 0.2) is 279 Å². The van der Waals surface area contributed by atoms with Gasteiger partial charge < -0.3 is 18.3 Å². The summed E-state index contributed by atoms with van der Waals surface area (Å²) >= 11 is 0. The normalized spacial score (nSPS) is 13.9. The molecule has 13 aromatic carbocycles. The van der Waals surface area contributed by atoms with Gasteiger partial charge in [0, 0.05) is 71.8 Å². The van der Waals surface area contributed by atoms with Crippen molar-refractivity contribution in [3.8, 4) is 45.0 Å². The Kier molecular flexibility index (Phi) is 9.08. The van der Waals surface area contributed by atoms with Crippen LogP contribution in [-0.4, -0.2) is 25.0 Å². The lowest BCUT2D eigenvalue weighted by molar-refractivity contribution is 1.01. The van der Waals surface area contributed by atoms with E-state index in [-0.39, 0.29) is 12.6 Å². The number of hydrogen-bond acceptors (Lipinski definition) is 0. The molecule has 85 heavy (non-hydrogen) atoms. The molecule has 1 unspecified atom stereocenters. The summed E-state index contributed by atoms with van der Waals surface area (Å²) in [4.78, 5) is 0. The van der Waals surface area contributed by atoms with Gasteiger partial charge in [0.25, 0.3) is 0 Å². The first-order valence-corrected chi connectivity index (χ1v) is 29.8. The number of hydrogen-bond donors (Lipinski definition) is 0. The smallest absolute Gasteiger partial charge is 0.242 e. The molecule has 20 rings (SSSR count). The van der Waals surface area contributed by atoms with Crippen molar-refractivity contribution in [3.63, 3.8) is 0 Å². The highest BCUT2D eigenvalue weighted by Gasteiger charge is 2.46. The van der Waals surface area contributed by atoms with Gasteiger partial charge in [0.2, 0.25) is 6.71 Å². The van der Waals surface area contributed by atoms with E-state index in [2.05, 4.69) is 297 Å². The highest BCUT2D eigenvalue weighted by molar-refractivity contribution is 6.97. The molecule has 3 aliphatic rings. The Morgan fingerprint density at radius 2 is 0.718 bits per heavy atom. The largest absolute Gasteiger partial charge is 0.309 e. The van der Waals surface area contributed by atoms with Gasteiger partial charge in [-0.05, 0) is 154 Å². The van der Waals surface area contributed by atoms with Crippen LogP contribution in [0.3, 0.4) is 0 Å². The molecule has 0 amide bonds. The molecular weight excluding hydrogens is 1030 g/mol. The van der Waals surface area contributed by atoms with E-state index in [1.54, 1.807) is 0 Å². The monoisotopic (exact) mass is 1080 g/mol. The summed E-state index contributed by atoms with van der Waals surface area (Å²) in [5, 5.41) is 10.0. The molecule has 0 saturated heterocycles. The van der Waals surface area contributed by atoms with Crippen molar-refractivity contribution < 1.29 is 0 Å². The molecule has 17 aromatic rings. The van der Waals surface area contributed by atoms with Crippen LogP contribution in [0, 0.1) is 0 Å². The van der Waals surface area contributed by atoms with Gasteiger partial charge >= 0.3 is 0 Å². The van der Waals surface area contributed by atoms with Gasteiger partial charge in [0.05, 0.1) is 44.1 Å². The molecule has 6 heterocycles. The average molecular weight is 1080 g/mol. The van der Waals surface area contributed by atoms with E-state index in [0.717, 1.165) is 23.5 Å². The summed E-state index contributed by atoms with van der Waals surface area (Å²) in [7, 11) is 0. The van der Waals surface area contributed by atoms with E-state index in [0.29, 0.717) is 0 Å². The predicted octanol–water partition coefficient (Wildman–Crippen LogP) is 17.6. The van der Waals surface area contributed by atoms with Gasteiger partial charge in [0.15, 0.2) is 0 Å². The van der Waals surface area contributed by atoms with Crippen molar-refractivity contribution in [2.75, 3.05) is 0 Å². The number of para-hydroxylation sites is 6. The van der Waals surface area contributed by atoms with Crippen LogP contribution in [0.2, 0.25) is 0 Å². The van der Waals surface area contributed by atoms with Gasteiger partial charge in [-0.25, -0.2) is 0 Å². The summed E-state index contributed by atoms with van der Waals surface area (Å²) in [5.41, 5.74) is 30.9.